The average molecular weight is 1730 g/mol. The summed E-state index contributed by atoms with van der Waals surface area (Å²) < 4.78 is 93.0. The summed E-state index contributed by atoms with van der Waals surface area (Å²) in [4.78, 5) is 59.5. The maximum atomic E-state index is 12.8. The number of hydrogen-bond acceptors (Lipinski definition) is 17. The van der Waals surface area contributed by atoms with Gasteiger partial charge in [-0.2, -0.15) is 16.8 Å². The van der Waals surface area contributed by atoms with E-state index in [9.17, 15) is 45.0 Å². The molecule has 4 fully saturated rings. The van der Waals surface area contributed by atoms with Crippen LogP contribution in [0.25, 0.3) is 24.3 Å². The number of amides is 1. The monoisotopic (exact) mass is 1730 g/mol. The van der Waals surface area contributed by atoms with Crippen LogP contribution in [-0.4, -0.2) is 140 Å². The molecule has 0 radical (unpaired) electrons. The van der Waals surface area contributed by atoms with Crippen LogP contribution in [0.1, 0.15) is 133 Å². The standard InChI is InChI=1S/C16H20O4S.C16H20O2S.C15H19NO4S.C10H9BrO2.C10H19NO2S.CH2Cl2.Cl2FHP2.ClH.Pd/c1-20-16(17)12-11-13-7-5-6-10-15(13)21(18,19)14-8-3-2-4-9-14;1-18-16(17)12-11-13-7-5-6-10-15(13)19-14-8-3-2-4-9-14;1-20-15(17)7-6-12-4-2-3-5-14(12)21(18,19)13-8-10-16-11-9-13;1-13-10(12)7-6-8-4-2-3-5-9(8)11;1-10(2,3)13-9(12)11-6-4-8(14)5-7-11;2-1-3;1-5(2)4-3;;/h5-7,10-12,14H,2-4,8-9H2,1H3;5-7,10-12,14H,2-4,8-9H2,1H3;2-7,13,16H,8-11H2,1H3;2-7H,1H3;8,14H,4-7H2,1-3H3;1H2;4H;1H;/b2*12-11+;2*7-6+;;;;;/i;;;;;;4D;;. The fourth-order valence-corrected chi connectivity index (χ4v) is 15.6. The van der Waals surface area contributed by atoms with Gasteiger partial charge in [-0.1, -0.05) is 127 Å². The number of halogens is 7. The third kappa shape index (κ3) is 39.0. The molecular formula is C68H91BrCl5FN2O14P2PdS4. The first-order chi connectivity index (χ1) is 46.1. The second-order valence-corrected chi connectivity index (χ2v) is 37.4. The third-order valence-corrected chi connectivity index (χ3v) is 23.4. The second kappa shape index (κ2) is 53.7. The molecule has 2 heterocycles. The molecule has 2 aliphatic heterocycles. The quantitative estimate of drug-likeness (QED) is 0.0215. The van der Waals surface area contributed by atoms with Crippen molar-refractivity contribution in [1.29, 1.82) is 1.28 Å². The number of methoxy groups -OCH3 is 4. The molecule has 0 bridgehead atoms. The van der Waals surface area contributed by atoms with Gasteiger partial charge in [0.05, 0.1) is 54.1 Å². The molecule has 1 atom stereocenters. The van der Waals surface area contributed by atoms with Crippen molar-refractivity contribution in [2.24, 2.45) is 0 Å². The van der Waals surface area contributed by atoms with Crippen LogP contribution in [0, 0.1) is 0 Å². The van der Waals surface area contributed by atoms with Gasteiger partial charge in [0.2, 0.25) is 6.32 Å². The molecule has 30 heteroatoms. The van der Waals surface area contributed by atoms with Crippen LogP contribution in [-0.2, 0) is 83.0 Å². The number of piperidine rings is 2. The molecule has 8 rings (SSSR count). The van der Waals surface area contributed by atoms with Crippen molar-refractivity contribution in [2.75, 3.05) is 60.0 Å². The molecule has 98 heavy (non-hydrogen) atoms. The van der Waals surface area contributed by atoms with Gasteiger partial charge >= 0.3 is 30.0 Å². The summed E-state index contributed by atoms with van der Waals surface area (Å²) in [5.74, 6) is -1.67. The van der Waals surface area contributed by atoms with E-state index in [-0.39, 0.29) is 71.6 Å². The van der Waals surface area contributed by atoms with Crippen molar-refractivity contribution < 1.29 is 102 Å². The molecule has 4 aromatic carbocycles. The summed E-state index contributed by atoms with van der Waals surface area (Å²) in [6.07, 6.45) is 24.0. The smallest absolute Gasteiger partial charge is 0.410 e. The number of carbonyl (C=O) groups is 5. The van der Waals surface area contributed by atoms with E-state index >= 15 is 0 Å². The molecule has 1 amide bonds. The fourth-order valence-electron chi connectivity index (χ4n) is 9.57. The Bertz CT molecular complexity index is 3280. The number of nitrogens with one attached hydrogen (secondary N) is 1. The fraction of sp³-hybridized carbons (Fsp3) is 0.456. The van der Waals surface area contributed by atoms with Gasteiger partial charge in [0.1, 0.15) is 29.4 Å². The van der Waals surface area contributed by atoms with E-state index in [1.165, 1.54) is 102 Å². The van der Waals surface area contributed by atoms with E-state index in [2.05, 4.69) is 65.0 Å². The minimum atomic E-state index is -3.39. The predicted octanol–water partition coefficient (Wildman–Crippen LogP) is 15.0. The van der Waals surface area contributed by atoms with E-state index in [4.69, 9.17) is 51.7 Å². The van der Waals surface area contributed by atoms with Gasteiger partial charge < -0.3 is 46.3 Å². The molecule has 550 valence electrons. The van der Waals surface area contributed by atoms with E-state index < -0.39 is 52.1 Å². The minimum absolute atomic E-state index is 0. The van der Waals surface area contributed by atoms with Crippen LogP contribution in [0.3, 0.4) is 0 Å². The predicted molar refractivity (Wildman–Crippen MR) is 403 cm³/mol. The zero-order valence-electron chi connectivity index (χ0n) is 56.8. The molecule has 0 aromatic heterocycles. The second-order valence-electron chi connectivity index (χ2n) is 22.4. The number of sulfone groups is 2. The SMILES string of the molecule is CC(C)(C)OC(=O)N1CCC(S)CC1.COC(=O)/C=C/c1ccccc1Br.COC(=O)/C=C/c1ccccc1S(=O)(=O)C1CCCCC1.COC(=O)/C=C/c1ccccc1S(=O)(=O)C1CCNCC1.COC(=O)/C=C/c1ccccc1SC1CCCCC1.ClCCl.[2H]P(F)[PH+](Cl)Cl.[Cl-].[Pd]. The number of rotatable bonds is 15. The Balaban J connectivity index is 0.00000118. The van der Waals surface area contributed by atoms with Gasteiger partial charge in [-0.3, -0.25) is 0 Å². The van der Waals surface area contributed by atoms with Gasteiger partial charge in [-0.15, -0.1) is 35.0 Å². The summed E-state index contributed by atoms with van der Waals surface area (Å²) in [5.41, 5.74) is 2.71. The molecule has 16 nitrogen and oxygen atoms in total. The number of carbonyl (C=O) groups excluding carboxylic acids is 5. The molecule has 1 N–H and O–H groups in total. The molecular weight excluding hydrogens is 1640 g/mol. The number of thioether (sulfide) groups is 1. The maximum absolute atomic E-state index is 12.8. The Kier molecular flexibility index (Phi) is 50.9. The van der Waals surface area contributed by atoms with E-state index in [1.807, 2.05) is 75.0 Å². The van der Waals surface area contributed by atoms with Gasteiger partial charge in [-0.25, -0.2) is 40.8 Å². The normalized spacial score (nSPS) is 15.8. The zero-order chi connectivity index (χ0) is 72.4. The Morgan fingerprint density at radius 1 is 0.622 bits per heavy atom. The molecule has 2 saturated heterocycles. The molecule has 2 saturated carbocycles. The largest absolute Gasteiger partial charge is 1.00 e. The number of thiol groups is 1. The van der Waals surface area contributed by atoms with Gasteiger partial charge in [0, 0.05) is 77.7 Å². The number of benzene rings is 4. The number of ether oxygens (including phenoxy) is 5. The summed E-state index contributed by atoms with van der Waals surface area (Å²) in [6.45, 7) is 8.61. The van der Waals surface area contributed by atoms with E-state index in [1.54, 1.807) is 59.5 Å². The van der Waals surface area contributed by atoms with Crippen molar-refractivity contribution in [3.05, 3.63) is 148 Å². The maximum Gasteiger partial charge on any atom is 0.410 e. The summed E-state index contributed by atoms with van der Waals surface area (Å²) in [6, 6.07) is 29.4. The van der Waals surface area contributed by atoms with Crippen molar-refractivity contribution in [1.82, 2.24) is 10.2 Å². The number of alkyl halides is 2. The first-order valence-electron chi connectivity index (χ1n) is 31.3. The van der Waals surface area contributed by atoms with E-state index in [0.717, 1.165) is 78.9 Å². The van der Waals surface area contributed by atoms with Crippen LogP contribution in [0.5, 0.6) is 0 Å². The topological polar surface area (TPSA) is 215 Å². The zero-order valence-corrected chi connectivity index (χ0v) is 68.0. The molecule has 4 aliphatic rings. The Morgan fingerprint density at radius 2 is 0.969 bits per heavy atom. The Morgan fingerprint density at radius 3 is 1.37 bits per heavy atom. The van der Waals surface area contributed by atoms with Crippen LogP contribution in [0.15, 0.2) is 141 Å². The van der Waals surface area contributed by atoms with Gasteiger partial charge in [0.15, 0.2) is 19.7 Å². The summed E-state index contributed by atoms with van der Waals surface area (Å²) >= 11 is 29.1. The average Bonchev–Trinajstić information content (AvgIpc) is 0.810. The third-order valence-electron chi connectivity index (χ3n) is 14.4. The van der Waals surface area contributed by atoms with Crippen LogP contribution in [0.4, 0.5) is 8.99 Å². The Hall–Kier alpha value is -3.07. The van der Waals surface area contributed by atoms with Crippen molar-refractivity contribution >= 4 is 175 Å². The molecule has 2 aliphatic carbocycles. The first kappa shape index (κ1) is 92.9. The van der Waals surface area contributed by atoms with Crippen molar-refractivity contribution in [3.8, 4) is 0 Å². The van der Waals surface area contributed by atoms with Crippen molar-refractivity contribution in [2.45, 2.75) is 152 Å². The van der Waals surface area contributed by atoms with Gasteiger partial charge in [0.25, 0.3) is 8.53 Å². The van der Waals surface area contributed by atoms with Crippen LogP contribution < -0.4 is 17.7 Å². The number of esters is 4. The van der Waals surface area contributed by atoms with Crippen LogP contribution >= 0.6 is 101 Å². The molecule has 4 aromatic rings. The minimum Gasteiger partial charge on any atom is -1.00 e. The Labute approximate surface area is 642 Å². The first-order valence-corrected chi connectivity index (χ1v) is 42.4. The molecule has 1 unspecified atom stereocenters. The van der Waals surface area contributed by atoms with Crippen molar-refractivity contribution in [3.63, 3.8) is 0 Å². The summed E-state index contributed by atoms with van der Waals surface area (Å²) in [7, 11) is -3.69. The summed E-state index contributed by atoms with van der Waals surface area (Å²) in [5, 5.41) is 3.84. The van der Waals surface area contributed by atoms with Gasteiger partial charge in [-0.05, 0) is 156 Å². The van der Waals surface area contributed by atoms with E-state index in [0.29, 0.717) is 47.2 Å². The number of likely N-dealkylation sites (tertiary alicyclic amines) is 1. The molecule has 0 spiro atoms. The van der Waals surface area contributed by atoms with Crippen LogP contribution in [0.2, 0.25) is 0 Å². The number of nitrogens with zero attached hydrogens (tertiary/aromatic N) is 1. The number of hydrogen-bond donors (Lipinski definition) is 2.